The van der Waals surface area contributed by atoms with Crippen molar-refractivity contribution in [2.75, 3.05) is 13.2 Å². The van der Waals surface area contributed by atoms with Crippen LogP contribution in [0.25, 0.3) is 0 Å². The molecule has 0 aromatic carbocycles. The number of hydrogen-bond acceptors (Lipinski definition) is 7. The minimum atomic E-state index is -0.779. The predicted molar refractivity (Wildman–Crippen MR) is 107 cm³/mol. The van der Waals surface area contributed by atoms with Gasteiger partial charge in [0.05, 0.1) is 12.7 Å². The standard InChI is InChI=1S/C22H39NO6/c1-13-7-8-17-14(2)18(25-12-15(24)11-23-20(3,4)5)26-19-22(17)16(13)9-10-21(6,27-19)28-29-22/h13-19,23-24H,7-12H2,1-6H3/t13-,14-,15?,16+,17+,18-,19-,21+,22-/m1/s1. The van der Waals surface area contributed by atoms with Gasteiger partial charge in [-0.15, -0.1) is 0 Å². The van der Waals surface area contributed by atoms with Crippen LogP contribution in [0.3, 0.4) is 0 Å². The summed E-state index contributed by atoms with van der Waals surface area (Å²) in [4.78, 5) is 12.0. The average molecular weight is 414 g/mol. The first-order chi connectivity index (χ1) is 13.5. The molecule has 168 valence electrons. The molecule has 7 heteroatoms. The molecule has 0 amide bonds. The van der Waals surface area contributed by atoms with Gasteiger partial charge in [-0.3, -0.25) is 0 Å². The first-order valence-corrected chi connectivity index (χ1v) is 11.3. The molecule has 29 heavy (non-hydrogen) atoms. The number of fused-ring (bicyclic) bond motifs is 2. The first kappa shape index (κ1) is 21.9. The van der Waals surface area contributed by atoms with E-state index in [-0.39, 0.29) is 24.0 Å². The molecule has 2 bridgehead atoms. The normalized spacial score (nSPS) is 48.1. The van der Waals surface area contributed by atoms with Gasteiger partial charge >= 0.3 is 0 Å². The van der Waals surface area contributed by atoms with Crippen molar-refractivity contribution in [2.24, 2.45) is 23.7 Å². The van der Waals surface area contributed by atoms with E-state index in [1.807, 2.05) is 6.92 Å². The summed E-state index contributed by atoms with van der Waals surface area (Å²) in [6, 6.07) is 0. The van der Waals surface area contributed by atoms with E-state index < -0.39 is 30.1 Å². The predicted octanol–water partition coefficient (Wildman–Crippen LogP) is 2.96. The molecule has 0 aromatic heterocycles. The van der Waals surface area contributed by atoms with Crippen LogP contribution in [0.1, 0.15) is 67.2 Å². The largest absolute Gasteiger partial charge is 0.389 e. The molecular weight excluding hydrogens is 374 g/mol. The van der Waals surface area contributed by atoms with Gasteiger partial charge in [0.2, 0.25) is 5.79 Å². The van der Waals surface area contributed by atoms with Crippen molar-refractivity contribution < 1.29 is 29.1 Å². The van der Waals surface area contributed by atoms with Crippen LogP contribution < -0.4 is 5.32 Å². The Morgan fingerprint density at radius 1 is 1.14 bits per heavy atom. The first-order valence-electron chi connectivity index (χ1n) is 11.3. The van der Waals surface area contributed by atoms with Gasteiger partial charge in [0, 0.05) is 30.3 Å². The zero-order valence-corrected chi connectivity index (χ0v) is 18.8. The lowest BCUT2D eigenvalue weighted by molar-refractivity contribution is -0.577. The molecule has 4 aliphatic heterocycles. The second-order valence-corrected chi connectivity index (χ2v) is 10.9. The molecule has 4 saturated heterocycles. The highest BCUT2D eigenvalue weighted by atomic mass is 17.3. The van der Waals surface area contributed by atoms with E-state index in [1.54, 1.807) is 0 Å². The van der Waals surface area contributed by atoms with E-state index >= 15 is 0 Å². The molecule has 7 nitrogen and oxygen atoms in total. The molecule has 9 atom stereocenters. The van der Waals surface area contributed by atoms with Crippen molar-refractivity contribution in [3.8, 4) is 0 Å². The lowest BCUT2D eigenvalue weighted by Gasteiger charge is -2.60. The van der Waals surface area contributed by atoms with Gasteiger partial charge < -0.3 is 24.6 Å². The summed E-state index contributed by atoms with van der Waals surface area (Å²) in [5.74, 6) is 0.470. The number of aliphatic hydroxyl groups is 1. The SMILES string of the molecule is C[C@H]1[C@H](OCC(O)CNC(C)(C)C)O[C@@H]2O[C@]3(C)CC[C@H]4[C@H](C)CC[C@@H]1[C@@]24OO3. The molecule has 0 aromatic rings. The van der Waals surface area contributed by atoms with Gasteiger partial charge in [0.25, 0.3) is 0 Å². The van der Waals surface area contributed by atoms with Gasteiger partial charge in [0.15, 0.2) is 18.2 Å². The number of hydrogen-bond donors (Lipinski definition) is 2. The highest BCUT2D eigenvalue weighted by Gasteiger charge is 2.69. The van der Waals surface area contributed by atoms with Gasteiger partial charge in [-0.2, -0.15) is 0 Å². The number of aliphatic hydroxyl groups excluding tert-OH is 1. The molecule has 0 radical (unpaired) electrons. The lowest BCUT2D eigenvalue weighted by Crippen LogP contribution is -2.70. The van der Waals surface area contributed by atoms with Gasteiger partial charge in [0.1, 0.15) is 0 Å². The van der Waals surface area contributed by atoms with Crippen LogP contribution in [0.4, 0.5) is 0 Å². The molecule has 5 rings (SSSR count). The Bertz CT molecular complexity index is 596. The topological polar surface area (TPSA) is 78.4 Å². The Kier molecular flexibility index (Phi) is 5.82. The fraction of sp³-hybridized carbons (Fsp3) is 1.00. The quantitative estimate of drug-likeness (QED) is 0.671. The summed E-state index contributed by atoms with van der Waals surface area (Å²) in [5.41, 5.74) is -0.616. The number of nitrogens with one attached hydrogen (secondary N) is 1. The van der Waals surface area contributed by atoms with Gasteiger partial charge in [-0.05, 0) is 58.8 Å². The fourth-order valence-electron chi connectivity index (χ4n) is 5.75. The highest BCUT2D eigenvalue weighted by Crippen LogP contribution is 2.60. The molecule has 1 unspecified atom stereocenters. The molecule has 1 aliphatic carbocycles. The number of β-amino-alcohol motifs (C(OH)–C–C–N with tert-alkyl or cyclic N) is 1. The summed E-state index contributed by atoms with van der Waals surface area (Å²) in [5, 5.41) is 13.7. The van der Waals surface area contributed by atoms with Crippen LogP contribution in [0, 0.1) is 23.7 Å². The average Bonchev–Trinajstić information content (AvgIpc) is 2.87. The highest BCUT2D eigenvalue weighted by molar-refractivity contribution is 5.09. The van der Waals surface area contributed by atoms with Crippen molar-refractivity contribution >= 4 is 0 Å². The van der Waals surface area contributed by atoms with Crippen LogP contribution in [-0.4, -0.2) is 53.9 Å². The van der Waals surface area contributed by atoms with E-state index in [2.05, 4.69) is 39.9 Å². The van der Waals surface area contributed by atoms with Crippen molar-refractivity contribution in [1.29, 1.82) is 0 Å². The second kappa shape index (κ2) is 7.69. The van der Waals surface area contributed by atoms with Crippen molar-refractivity contribution in [3.05, 3.63) is 0 Å². The van der Waals surface area contributed by atoms with E-state index in [0.29, 0.717) is 18.4 Å². The van der Waals surface area contributed by atoms with Crippen LogP contribution >= 0.6 is 0 Å². The monoisotopic (exact) mass is 413 g/mol. The van der Waals surface area contributed by atoms with Crippen molar-refractivity contribution in [1.82, 2.24) is 5.32 Å². The van der Waals surface area contributed by atoms with Crippen molar-refractivity contribution in [2.45, 2.75) is 103 Å². The summed E-state index contributed by atoms with van der Waals surface area (Å²) < 4.78 is 18.8. The molecule has 1 spiro atoms. The van der Waals surface area contributed by atoms with E-state index in [4.69, 9.17) is 24.0 Å². The second-order valence-electron chi connectivity index (χ2n) is 10.9. The summed E-state index contributed by atoms with van der Waals surface area (Å²) in [6.45, 7) is 13.3. The van der Waals surface area contributed by atoms with Crippen LogP contribution in [0.5, 0.6) is 0 Å². The fourth-order valence-corrected chi connectivity index (χ4v) is 5.75. The summed E-state index contributed by atoms with van der Waals surface area (Å²) in [6.07, 6.45) is 2.49. The van der Waals surface area contributed by atoms with Gasteiger partial charge in [-0.1, -0.05) is 13.8 Å². The zero-order chi connectivity index (χ0) is 21.0. The van der Waals surface area contributed by atoms with E-state index in [0.717, 1.165) is 19.3 Å². The summed E-state index contributed by atoms with van der Waals surface area (Å²) >= 11 is 0. The Labute approximate surface area is 174 Å². The van der Waals surface area contributed by atoms with Gasteiger partial charge in [-0.25, -0.2) is 9.78 Å². The minimum Gasteiger partial charge on any atom is -0.389 e. The minimum absolute atomic E-state index is 0.0456. The molecule has 5 aliphatic rings. The lowest BCUT2D eigenvalue weighted by atomic mass is 9.58. The summed E-state index contributed by atoms with van der Waals surface area (Å²) in [7, 11) is 0. The van der Waals surface area contributed by atoms with Crippen LogP contribution in [-0.2, 0) is 24.0 Å². The Balaban J connectivity index is 1.48. The van der Waals surface area contributed by atoms with E-state index in [9.17, 15) is 5.11 Å². The van der Waals surface area contributed by atoms with E-state index in [1.165, 1.54) is 6.42 Å². The van der Waals surface area contributed by atoms with Crippen LogP contribution in [0.2, 0.25) is 0 Å². The third-order valence-corrected chi connectivity index (χ3v) is 7.42. The Morgan fingerprint density at radius 2 is 1.90 bits per heavy atom. The Morgan fingerprint density at radius 3 is 2.62 bits per heavy atom. The molecule has 2 N–H and O–H groups in total. The Hall–Kier alpha value is -0.280. The van der Waals surface area contributed by atoms with Crippen molar-refractivity contribution in [3.63, 3.8) is 0 Å². The molecular formula is C22H39NO6. The third-order valence-electron chi connectivity index (χ3n) is 7.42. The smallest absolute Gasteiger partial charge is 0.201 e. The maximum Gasteiger partial charge on any atom is 0.201 e. The third kappa shape index (κ3) is 4.00. The molecule has 5 fully saturated rings. The molecule has 4 heterocycles. The maximum absolute atomic E-state index is 10.3. The van der Waals surface area contributed by atoms with Crippen LogP contribution in [0.15, 0.2) is 0 Å². The zero-order valence-electron chi connectivity index (χ0n) is 18.8. The number of ether oxygens (including phenoxy) is 3. The number of rotatable bonds is 5. The maximum atomic E-state index is 10.3. The molecule has 1 saturated carbocycles.